The van der Waals surface area contributed by atoms with Crippen LogP contribution in [0.25, 0.3) is 82.4 Å². The number of fused-ring (bicyclic) bond motifs is 4. The number of hydrogen-bond donors (Lipinski definition) is 0. The van der Waals surface area contributed by atoms with E-state index in [4.69, 9.17) is 4.98 Å². The van der Waals surface area contributed by atoms with E-state index in [1.54, 1.807) is 0 Å². The summed E-state index contributed by atoms with van der Waals surface area (Å²) in [6.07, 6.45) is 0.865. The van der Waals surface area contributed by atoms with Crippen LogP contribution in [0.15, 0.2) is 164 Å². The molecule has 47 heavy (non-hydrogen) atoms. The van der Waals surface area contributed by atoms with E-state index >= 15 is 0 Å². The zero-order valence-corrected chi connectivity index (χ0v) is 26.2. The Bertz CT molecular complexity index is 2590. The normalized spacial score (nSPS) is 11.6. The quantitative estimate of drug-likeness (QED) is 0.180. The van der Waals surface area contributed by atoms with Gasteiger partial charge in [-0.15, -0.1) is 0 Å². The molecule has 0 aliphatic carbocycles. The molecule has 0 radical (unpaired) electrons. The second-order valence-electron chi connectivity index (χ2n) is 12.2. The highest BCUT2D eigenvalue weighted by Gasteiger charge is 2.19. The van der Waals surface area contributed by atoms with E-state index < -0.39 is 0 Å². The SMILES string of the molecule is CCc1nc2ccccc2n1-c1ccc(-c2c3ccccc3c(-c3cccc4ccccc34)c3ccc(-c4ccccc4)cc23)cc1. The molecule has 222 valence electrons. The zero-order chi connectivity index (χ0) is 31.3. The van der Waals surface area contributed by atoms with Crippen molar-refractivity contribution in [2.45, 2.75) is 13.3 Å². The molecule has 9 aromatic rings. The molecule has 0 aliphatic heterocycles. The smallest absolute Gasteiger partial charge is 0.114 e. The Morgan fingerprint density at radius 2 is 1.11 bits per heavy atom. The van der Waals surface area contributed by atoms with Gasteiger partial charge in [-0.1, -0.05) is 140 Å². The largest absolute Gasteiger partial charge is 0.296 e. The van der Waals surface area contributed by atoms with Crippen molar-refractivity contribution in [3.8, 4) is 39.1 Å². The second-order valence-corrected chi connectivity index (χ2v) is 12.2. The van der Waals surface area contributed by atoms with Crippen LogP contribution >= 0.6 is 0 Å². The zero-order valence-electron chi connectivity index (χ0n) is 26.2. The minimum Gasteiger partial charge on any atom is -0.296 e. The predicted octanol–water partition coefficient (Wildman–Crippen LogP) is 12.0. The van der Waals surface area contributed by atoms with Crippen LogP contribution in [-0.4, -0.2) is 9.55 Å². The minimum absolute atomic E-state index is 0.865. The molecule has 0 fully saturated rings. The van der Waals surface area contributed by atoms with Gasteiger partial charge in [0, 0.05) is 12.1 Å². The van der Waals surface area contributed by atoms with Gasteiger partial charge in [0.15, 0.2) is 0 Å². The first kappa shape index (κ1) is 27.3. The van der Waals surface area contributed by atoms with Gasteiger partial charge in [-0.25, -0.2) is 4.98 Å². The van der Waals surface area contributed by atoms with Gasteiger partial charge in [0.2, 0.25) is 0 Å². The third-order valence-corrected chi connectivity index (χ3v) is 9.55. The molecule has 1 heterocycles. The third-order valence-electron chi connectivity index (χ3n) is 9.55. The van der Waals surface area contributed by atoms with Crippen LogP contribution in [0.5, 0.6) is 0 Å². The molecule has 9 rings (SSSR count). The summed E-state index contributed by atoms with van der Waals surface area (Å²) >= 11 is 0. The van der Waals surface area contributed by atoms with E-state index in [2.05, 4.69) is 175 Å². The molecule has 8 aromatic carbocycles. The number of aromatic nitrogens is 2. The monoisotopic (exact) mass is 600 g/mol. The highest BCUT2D eigenvalue weighted by atomic mass is 15.1. The maximum absolute atomic E-state index is 4.93. The Morgan fingerprint density at radius 1 is 0.468 bits per heavy atom. The molecule has 0 bridgehead atoms. The summed E-state index contributed by atoms with van der Waals surface area (Å²) in [5, 5.41) is 7.54. The van der Waals surface area contributed by atoms with Gasteiger partial charge in [-0.3, -0.25) is 4.57 Å². The van der Waals surface area contributed by atoms with Gasteiger partial charge in [-0.05, 0) is 96.0 Å². The van der Waals surface area contributed by atoms with Gasteiger partial charge in [0.05, 0.1) is 11.0 Å². The molecule has 1 aromatic heterocycles. The number of hydrogen-bond acceptors (Lipinski definition) is 1. The molecule has 0 spiro atoms. The van der Waals surface area contributed by atoms with Crippen LogP contribution in [0, 0.1) is 0 Å². The summed E-state index contributed by atoms with van der Waals surface area (Å²) in [6, 6.07) is 59.5. The highest BCUT2D eigenvalue weighted by Crippen LogP contribution is 2.46. The average molecular weight is 601 g/mol. The molecule has 0 N–H and O–H groups in total. The number of benzene rings is 8. The van der Waals surface area contributed by atoms with E-state index in [0.717, 1.165) is 29.0 Å². The van der Waals surface area contributed by atoms with Crippen molar-refractivity contribution in [3.63, 3.8) is 0 Å². The van der Waals surface area contributed by atoms with E-state index in [1.807, 2.05) is 0 Å². The Morgan fingerprint density at radius 3 is 1.91 bits per heavy atom. The van der Waals surface area contributed by atoms with Crippen LogP contribution in [0.1, 0.15) is 12.7 Å². The van der Waals surface area contributed by atoms with Crippen molar-refractivity contribution in [1.82, 2.24) is 9.55 Å². The Hall–Kier alpha value is -5.99. The van der Waals surface area contributed by atoms with Crippen LogP contribution in [0.2, 0.25) is 0 Å². The van der Waals surface area contributed by atoms with E-state index in [9.17, 15) is 0 Å². The number of rotatable bonds is 5. The van der Waals surface area contributed by atoms with E-state index in [0.29, 0.717) is 0 Å². The molecule has 2 nitrogen and oxygen atoms in total. The fraction of sp³-hybridized carbons (Fsp3) is 0.0444. The van der Waals surface area contributed by atoms with E-state index in [1.165, 1.54) is 65.7 Å². The van der Waals surface area contributed by atoms with Crippen LogP contribution in [-0.2, 0) is 6.42 Å². The summed E-state index contributed by atoms with van der Waals surface area (Å²) in [6.45, 7) is 2.17. The molecule has 0 atom stereocenters. The van der Waals surface area contributed by atoms with Crippen molar-refractivity contribution in [1.29, 1.82) is 0 Å². The van der Waals surface area contributed by atoms with Crippen molar-refractivity contribution in [2.24, 2.45) is 0 Å². The second kappa shape index (κ2) is 11.1. The molecule has 2 heteroatoms. The molecular weight excluding hydrogens is 569 g/mol. The van der Waals surface area contributed by atoms with Crippen molar-refractivity contribution >= 4 is 43.4 Å². The molecular formula is C45H32N2. The molecule has 0 saturated heterocycles. The van der Waals surface area contributed by atoms with Gasteiger partial charge < -0.3 is 0 Å². The summed E-state index contributed by atoms with van der Waals surface area (Å²) in [5.41, 5.74) is 10.7. The van der Waals surface area contributed by atoms with Gasteiger partial charge >= 0.3 is 0 Å². The standard InChI is InChI=1S/C45H32N2/c1-2-43-46-41-21-10-11-22-42(41)47(43)34-26-23-32(24-27-34)44-37-18-8-9-19-38(37)45(36-20-12-16-31-15-6-7-17-35(31)36)39-28-25-33(29-40(39)44)30-13-4-3-5-14-30/h3-29H,2H2,1H3. The van der Waals surface area contributed by atoms with Crippen LogP contribution < -0.4 is 0 Å². The summed E-state index contributed by atoms with van der Waals surface area (Å²) < 4.78 is 2.30. The minimum atomic E-state index is 0.865. The number of aryl methyl sites for hydroxylation is 1. The molecule has 0 aliphatic rings. The lowest BCUT2D eigenvalue weighted by Gasteiger charge is -2.20. The van der Waals surface area contributed by atoms with Crippen LogP contribution in [0.4, 0.5) is 0 Å². The predicted molar refractivity (Wildman–Crippen MR) is 199 cm³/mol. The number of para-hydroxylation sites is 2. The topological polar surface area (TPSA) is 17.8 Å². The fourth-order valence-corrected chi connectivity index (χ4v) is 7.41. The Kier molecular flexibility index (Phi) is 6.46. The van der Waals surface area contributed by atoms with Crippen molar-refractivity contribution < 1.29 is 0 Å². The Labute approximate surface area is 274 Å². The average Bonchev–Trinajstić information content (AvgIpc) is 3.53. The summed E-state index contributed by atoms with van der Waals surface area (Å²) in [4.78, 5) is 4.93. The van der Waals surface area contributed by atoms with Gasteiger partial charge in [-0.2, -0.15) is 0 Å². The first-order valence-electron chi connectivity index (χ1n) is 16.4. The first-order valence-corrected chi connectivity index (χ1v) is 16.4. The summed E-state index contributed by atoms with van der Waals surface area (Å²) in [7, 11) is 0. The molecule has 0 saturated carbocycles. The van der Waals surface area contributed by atoms with Crippen LogP contribution in [0.3, 0.4) is 0 Å². The van der Waals surface area contributed by atoms with Crippen molar-refractivity contribution in [3.05, 3.63) is 170 Å². The lowest BCUT2D eigenvalue weighted by molar-refractivity contribution is 0.908. The highest BCUT2D eigenvalue weighted by molar-refractivity contribution is 6.24. The lowest BCUT2D eigenvalue weighted by atomic mass is 9.84. The van der Waals surface area contributed by atoms with Gasteiger partial charge in [0.1, 0.15) is 5.82 Å². The molecule has 0 amide bonds. The fourth-order valence-electron chi connectivity index (χ4n) is 7.41. The maximum Gasteiger partial charge on any atom is 0.114 e. The third kappa shape index (κ3) is 4.45. The summed E-state index contributed by atoms with van der Waals surface area (Å²) in [5.74, 6) is 1.07. The number of imidazole rings is 1. The lowest BCUT2D eigenvalue weighted by Crippen LogP contribution is -2.00. The van der Waals surface area contributed by atoms with E-state index in [-0.39, 0.29) is 0 Å². The number of nitrogens with zero attached hydrogens (tertiary/aromatic N) is 2. The first-order chi connectivity index (χ1) is 23.3. The Balaban J connectivity index is 1.34. The van der Waals surface area contributed by atoms with Crippen molar-refractivity contribution in [2.75, 3.05) is 0 Å². The molecule has 0 unspecified atom stereocenters. The van der Waals surface area contributed by atoms with Gasteiger partial charge in [0.25, 0.3) is 0 Å². The maximum atomic E-state index is 4.93.